The molecule has 2 rings (SSSR count). The third kappa shape index (κ3) is 4.53. The summed E-state index contributed by atoms with van der Waals surface area (Å²) in [7, 11) is -2.14. The molecule has 0 fully saturated rings. The first-order chi connectivity index (χ1) is 13.1. The highest BCUT2D eigenvalue weighted by molar-refractivity contribution is 7.92. The molecular formula is C19H20F2N2O4S. The second kappa shape index (κ2) is 8.47. The van der Waals surface area contributed by atoms with Crippen molar-refractivity contribution in [2.45, 2.75) is 30.0 Å². The van der Waals surface area contributed by atoms with Crippen LogP contribution in [-0.4, -0.2) is 32.5 Å². The summed E-state index contributed by atoms with van der Waals surface area (Å²) in [6.07, 6.45) is 0. The zero-order valence-corrected chi connectivity index (χ0v) is 16.3. The Balaban J connectivity index is 2.29. The van der Waals surface area contributed by atoms with Gasteiger partial charge in [0.15, 0.2) is 21.5 Å². The van der Waals surface area contributed by atoms with Crippen LogP contribution in [0.5, 0.6) is 0 Å². The van der Waals surface area contributed by atoms with Gasteiger partial charge in [0.05, 0.1) is 10.1 Å². The van der Waals surface area contributed by atoms with Crippen molar-refractivity contribution in [2.24, 2.45) is 0 Å². The van der Waals surface area contributed by atoms with Gasteiger partial charge in [-0.3, -0.25) is 9.59 Å². The molecule has 150 valence electrons. The van der Waals surface area contributed by atoms with Crippen LogP contribution in [0.3, 0.4) is 0 Å². The number of nitrogens with one attached hydrogen (secondary N) is 2. The molecule has 2 amide bonds. The van der Waals surface area contributed by atoms with Crippen LogP contribution in [0, 0.1) is 11.6 Å². The summed E-state index contributed by atoms with van der Waals surface area (Å²) < 4.78 is 51.0. The Morgan fingerprint density at radius 3 is 2.07 bits per heavy atom. The number of carbonyl (C=O) groups is 2. The average molecular weight is 410 g/mol. The van der Waals surface area contributed by atoms with Crippen molar-refractivity contribution in [3.8, 4) is 0 Å². The van der Waals surface area contributed by atoms with Gasteiger partial charge in [-0.15, -0.1) is 0 Å². The SMILES string of the molecule is CNC(=O)C(NC(=O)c1ccc(S(=O)(=O)C(C)C)cc1)c1ccc(F)c(F)c1. The van der Waals surface area contributed by atoms with Gasteiger partial charge in [0.2, 0.25) is 5.91 Å². The van der Waals surface area contributed by atoms with E-state index in [0.717, 1.165) is 12.1 Å². The standard InChI is InChI=1S/C19H20F2N2O4S/c1-11(2)28(26,27)14-7-4-12(5-8-14)18(24)23-17(19(25)22-3)13-6-9-15(20)16(21)10-13/h4-11,17H,1-3H3,(H,22,25)(H,23,24). The van der Waals surface area contributed by atoms with Crippen molar-refractivity contribution in [2.75, 3.05) is 7.05 Å². The normalized spacial score (nSPS) is 12.5. The molecule has 0 spiro atoms. The molecule has 0 radical (unpaired) electrons. The van der Waals surface area contributed by atoms with E-state index >= 15 is 0 Å². The number of carbonyl (C=O) groups excluding carboxylic acids is 2. The zero-order chi connectivity index (χ0) is 21.1. The summed E-state index contributed by atoms with van der Waals surface area (Å²) in [5, 5.41) is 4.17. The summed E-state index contributed by atoms with van der Waals surface area (Å²) in [6, 6.07) is 6.86. The molecule has 0 aliphatic heterocycles. The third-order valence-electron chi connectivity index (χ3n) is 4.13. The minimum atomic E-state index is -3.48. The van der Waals surface area contributed by atoms with Crippen molar-refractivity contribution >= 4 is 21.7 Å². The number of amides is 2. The van der Waals surface area contributed by atoms with Gasteiger partial charge in [0.25, 0.3) is 5.91 Å². The van der Waals surface area contributed by atoms with Crippen LogP contribution in [0.25, 0.3) is 0 Å². The Kier molecular flexibility index (Phi) is 6.50. The van der Waals surface area contributed by atoms with Crippen molar-refractivity contribution in [1.82, 2.24) is 10.6 Å². The summed E-state index contributed by atoms with van der Waals surface area (Å²) in [5.74, 6) is -3.53. The van der Waals surface area contributed by atoms with Crippen molar-refractivity contribution in [1.29, 1.82) is 0 Å². The van der Waals surface area contributed by atoms with Crippen LogP contribution in [0.15, 0.2) is 47.4 Å². The zero-order valence-electron chi connectivity index (χ0n) is 15.5. The van der Waals surface area contributed by atoms with Gasteiger partial charge < -0.3 is 10.6 Å². The molecular weight excluding hydrogens is 390 g/mol. The fourth-order valence-corrected chi connectivity index (χ4v) is 3.48. The Bertz CT molecular complexity index is 989. The van der Waals surface area contributed by atoms with E-state index in [-0.39, 0.29) is 16.0 Å². The Labute approximate surface area is 161 Å². The monoisotopic (exact) mass is 410 g/mol. The molecule has 0 aliphatic rings. The van der Waals surface area contributed by atoms with Gasteiger partial charge in [0, 0.05) is 12.6 Å². The molecule has 9 heteroatoms. The second-order valence-corrected chi connectivity index (χ2v) is 8.82. The highest BCUT2D eigenvalue weighted by Gasteiger charge is 2.24. The molecule has 0 bridgehead atoms. The van der Waals surface area contributed by atoms with Gasteiger partial charge in [-0.25, -0.2) is 17.2 Å². The van der Waals surface area contributed by atoms with Gasteiger partial charge in [-0.05, 0) is 55.8 Å². The number of sulfone groups is 1. The lowest BCUT2D eigenvalue weighted by Gasteiger charge is -2.18. The summed E-state index contributed by atoms with van der Waals surface area (Å²) >= 11 is 0. The lowest BCUT2D eigenvalue weighted by Crippen LogP contribution is -2.39. The van der Waals surface area contributed by atoms with Gasteiger partial charge >= 0.3 is 0 Å². The first kappa shape index (κ1) is 21.5. The molecule has 1 unspecified atom stereocenters. The van der Waals surface area contributed by atoms with Crippen LogP contribution in [0.4, 0.5) is 8.78 Å². The molecule has 1 atom stereocenters. The quantitative estimate of drug-likeness (QED) is 0.765. The third-order valence-corrected chi connectivity index (χ3v) is 6.30. The first-order valence-electron chi connectivity index (χ1n) is 8.39. The Hall–Kier alpha value is -2.81. The van der Waals surface area contributed by atoms with Crippen LogP contribution in [0.1, 0.15) is 35.8 Å². The maximum atomic E-state index is 13.5. The predicted molar refractivity (Wildman–Crippen MR) is 99.4 cm³/mol. The lowest BCUT2D eigenvalue weighted by molar-refractivity contribution is -0.122. The largest absolute Gasteiger partial charge is 0.357 e. The molecule has 2 aromatic rings. The molecule has 2 N–H and O–H groups in total. The first-order valence-corrected chi connectivity index (χ1v) is 9.94. The fourth-order valence-electron chi connectivity index (χ4n) is 2.42. The number of likely N-dealkylation sites (N-methyl/N-ethyl adjacent to an activating group) is 1. The van der Waals surface area contributed by atoms with Crippen LogP contribution in [-0.2, 0) is 14.6 Å². The molecule has 0 saturated carbocycles. The molecule has 28 heavy (non-hydrogen) atoms. The predicted octanol–water partition coefficient (Wildman–Crippen LogP) is 2.36. The summed E-state index contributed by atoms with van der Waals surface area (Å²) in [4.78, 5) is 24.7. The maximum absolute atomic E-state index is 13.5. The van der Waals surface area contributed by atoms with Gasteiger partial charge in [-0.2, -0.15) is 0 Å². The van der Waals surface area contributed by atoms with E-state index in [1.54, 1.807) is 13.8 Å². The van der Waals surface area contributed by atoms with E-state index in [4.69, 9.17) is 0 Å². The van der Waals surface area contributed by atoms with E-state index < -0.39 is 44.6 Å². The topological polar surface area (TPSA) is 92.3 Å². The van der Waals surface area contributed by atoms with E-state index in [9.17, 15) is 26.8 Å². The molecule has 6 nitrogen and oxygen atoms in total. The molecule has 0 heterocycles. The lowest BCUT2D eigenvalue weighted by atomic mass is 10.0. The highest BCUT2D eigenvalue weighted by atomic mass is 32.2. The minimum Gasteiger partial charge on any atom is -0.357 e. The van der Waals surface area contributed by atoms with Crippen LogP contribution >= 0.6 is 0 Å². The number of hydrogen-bond donors (Lipinski definition) is 2. The van der Waals surface area contributed by atoms with E-state index in [0.29, 0.717) is 0 Å². The molecule has 0 saturated heterocycles. The average Bonchev–Trinajstić information content (AvgIpc) is 2.67. The molecule has 2 aromatic carbocycles. The van der Waals surface area contributed by atoms with Gasteiger partial charge in [0.1, 0.15) is 6.04 Å². The van der Waals surface area contributed by atoms with Crippen molar-refractivity contribution in [3.63, 3.8) is 0 Å². The number of rotatable bonds is 6. The van der Waals surface area contributed by atoms with Crippen LogP contribution in [0.2, 0.25) is 0 Å². The summed E-state index contributed by atoms with van der Waals surface area (Å²) in [6.45, 7) is 3.09. The van der Waals surface area contributed by atoms with E-state index in [1.165, 1.54) is 37.4 Å². The van der Waals surface area contributed by atoms with E-state index in [1.807, 2.05) is 0 Å². The minimum absolute atomic E-state index is 0.0607. The molecule has 0 aliphatic carbocycles. The fraction of sp³-hybridized carbons (Fsp3) is 0.263. The number of halogens is 2. The Morgan fingerprint density at radius 1 is 0.964 bits per heavy atom. The van der Waals surface area contributed by atoms with Crippen molar-refractivity contribution in [3.05, 3.63) is 65.2 Å². The smallest absolute Gasteiger partial charge is 0.252 e. The summed E-state index contributed by atoms with van der Waals surface area (Å²) in [5.41, 5.74) is 0.171. The van der Waals surface area contributed by atoms with E-state index in [2.05, 4.69) is 10.6 Å². The van der Waals surface area contributed by atoms with Crippen molar-refractivity contribution < 1.29 is 26.8 Å². The molecule has 0 aromatic heterocycles. The second-order valence-electron chi connectivity index (χ2n) is 6.31. The number of hydrogen-bond acceptors (Lipinski definition) is 4. The van der Waals surface area contributed by atoms with Gasteiger partial charge in [-0.1, -0.05) is 6.07 Å². The maximum Gasteiger partial charge on any atom is 0.252 e. The Morgan fingerprint density at radius 2 is 1.57 bits per heavy atom. The highest BCUT2D eigenvalue weighted by Crippen LogP contribution is 2.19. The number of benzene rings is 2. The van der Waals surface area contributed by atoms with Crippen LogP contribution < -0.4 is 10.6 Å².